The van der Waals surface area contributed by atoms with Gasteiger partial charge in [-0.05, 0) is 36.8 Å². The first-order valence-corrected chi connectivity index (χ1v) is 6.33. The molecule has 0 aliphatic rings. The van der Waals surface area contributed by atoms with Gasteiger partial charge in [0.25, 0.3) is 0 Å². The molecule has 0 saturated carbocycles. The van der Waals surface area contributed by atoms with Crippen molar-refractivity contribution in [3.05, 3.63) is 41.5 Å². The molecule has 0 aromatic heterocycles. The minimum absolute atomic E-state index is 0.0350. The first kappa shape index (κ1) is 14.7. The summed E-state index contributed by atoms with van der Waals surface area (Å²) < 4.78 is 10.4. The van der Waals surface area contributed by atoms with Crippen LogP contribution >= 0.6 is 0 Å². The molecule has 5 heteroatoms. The monoisotopic (exact) mass is 287 g/mol. The minimum atomic E-state index is -1.08. The number of aromatic carboxylic acids is 1. The maximum absolute atomic E-state index is 11.4. The van der Waals surface area contributed by atoms with Crippen LogP contribution in [0.25, 0.3) is 11.1 Å². The maximum Gasteiger partial charge on any atom is 0.339 e. The summed E-state index contributed by atoms with van der Waals surface area (Å²) >= 11 is 0. The number of carboxylic acid groups (broad SMARTS) is 1. The van der Waals surface area contributed by atoms with Gasteiger partial charge in [0.2, 0.25) is 0 Å². The van der Waals surface area contributed by atoms with Crippen molar-refractivity contribution in [3.8, 4) is 22.6 Å². The fourth-order valence-electron chi connectivity index (χ4n) is 2.20. The summed E-state index contributed by atoms with van der Waals surface area (Å²) in [4.78, 5) is 11.4. The summed E-state index contributed by atoms with van der Waals surface area (Å²) in [6, 6.07) is 8.85. The highest BCUT2D eigenvalue weighted by atomic mass is 16.5. The summed E-state index contributed by atoms with van der Waals surface area (Å²) in [5.41, 5.74) is 9.07. The Kier molecular flexibility index (Phi) is 4.03. The molecule has 0 aliphatic carbocycles. The number of aryl methyl sites for hydroxylation is 1. The molecule has 0 saturated heterocycles. The molecule has 2 aromatic rings. The second-order valence-electron chi connectivity index (χ2n) is 4.66. The molecule has 21 heavy (non-hydrogen) atoms. The number of benzene rings is 2. The molecule has 0 radical (unpaired) electrons. The second kappa shape index (κ2) is 5.75. The van der Waals surface area contributed by atoms with Crippen molar-refractivity contribution in [1.82, 2.24) is 0 Å². The number of nitrogens with two attached hydrogens (primary N) is 1. The molecular weight excluding hydrogens is 270 g/mol. The van der Waals surface area contributed by atoms with Crippen LogP contribution in [0.1, 0.15) is 15.9 Å². The van der Waals surface area contributed by atoms with Crippen molar-refractivity contribution < 1.29 is 19.4 Å². The van der Waals surface area contributed by atoms with Crippen LogP contribution in [0, 0.1) is 6.92 Å². The van der Waals surface area contributed by atoms with Crippen molar-refractivity contribution >= 4 is 11.7 Å². The van der Waals surface area contributed by atoms with Crippen LogP contribution in [0.15, 0.2) is 30.3 Å². The van der Waals surface area contributed by atoms with E-state index in [0.717, 1.165) is 11.1 Å². The van der Waals surface area contributed by atoms with E-state index in [1.807, 2.05) is 19.1 Å². The van der Waals surface area contributed by atoms with E-state index in [1.54, 1.807) is 12.1 Å². The smallest absolute Gasteiger partial charge is 0.339 e. The van der Waals surface area contributed by atoms with Gasteiger partial charge in [-0.25, -0.2) is 4.79 Å². The Morgan fingerprint density at radius 2 is 1.86 bits per heavy atom. The Hall–Kier alpha value is -2.69. The number of nitrogen functional groups attached to an aromatic ring is 1. The van der Waals surface area contributed by atoms with Gasteiger partial charge in [0.15, 0.2) is 11.5 Å². The topological polar surface area (TPSA) is 81.8 Å². The Balaban J connectivity index is 2.73. The van der Waals surface area contributed by atoms with E-state index in [4.69, 9.17) is 15.2 Å². The van der Waals surface area contributed by atoms with Gasteiger partial charge >= 0.3 is 5.97 Å². The molecule has 2 rings (SSSR count). The van der Waals surface area contributed by atoms with Crippen LogP contribution in [0.5, 0.6) is 11.5 Å². The molecular formula is C16H17NO4. The number of hydrogen-bond acceptors (Lipinski definition) is 4. The Labute approximate surface area is 122 Å². The predicted octanol–water partition coefficient (Wildman–Crippen LogP) is 2.96. The summed E-state index contributed by atoms with van der Waals surface area (Å²) in [5.74, 6) is -0.536. The molecule has 2 aromatic carbocycles. The number of anilines is 1. The summed E-state index contributed by atoms with van der Waals surface area (Å²) in [7, 11) is 2.87. The van der Waals surface area contributed by atoms with E-state index in [2.05, 4.69) is 0 Å². The zero-order valence-electron chi connectivity index (χ0n) is 12.1. The van der Waals surface area contributed by atoms with Crippen LogP contribution in [0.2, 0.25) is 0 Å². The van der Waals surface area contributed by atoms with E-state index in [-0.39, 0.29) is 11.3 Å². The molecule has 0 heterocycles. The van der Waals surface area contributed by atoms with Crippen molar-refractivity contribution in [2.45, 2.75) is 6.92 Å². The lowest BCUT2D eigenvalue weighted by molar-refractivity contribution is 0.0692. The third kappa shape index (κ3) is 2.76. The van der Waals surface area contributed by atoms with Crippen molar-refractivity contribution in [1.29, 1.82) is 0 Å². The first-order chi connectivity index (χ1) is 9.97. The highest BCUT2D eigenvalue weighted by Gasteiger charge is 2.19. The second-order valence-corrected chi connectivity index (χ2v) is 4.66. The molecule has 0 fully saturated rings. The number of methoxy groups -OCH3 is 2. The summed E-state index contributed by atoms with van der Waals surface area (Å²) in [5, 5.41) is 9.35. The predicted molar refractivity (Wildman–Crippen MR) is 81.1 cm³/mol. The fraction of sp³-hybridized carbons (Fsp3) is 0.188. The molecule has 0 unspecified atom stereocenters. The average Bonchev–Trinajstić information content (AvgIpc) is 2.48. The van der Waals surface area contributed by atoms with Crippen LogP contribution in [0.3, 0.4) is 0 Å². The highest BCUT2D eigenvalue weighted by Crippen LogP contribution is 2.38. The standard InChI is InChI=1S/C16H17NO4/c1-9-4-5-13(17)11(6-9)10-7-12(16(18)19)15(21-3)14(8-10)20-2/h4-8H,17H2,1-3H3,(H,18,19). The number of hydrogen-bond donors (Lipinski definition) is 2. The van der Waals surface area contributed by atoms with Crippen molar-refractivity contribution in [2.24, 2.45) is 0 Å². The maximum atomic E-state index is 11.4. The van der Waals surface area contributed by atoms with E-state index in [1.165, 1.54) is 20.3 Å². The van der Waals surface area contributed by atoms with E-state index in [0.29, 0.717) is 17.0 Å². The molecule has 0 amide bonds. The molecule has 0 aliphatic heterocycles. The zero-order valence-corrected chi connectivity index (χ0v) is 12.1. The first-order valence-electron chi connectivity index (χ1n) is 6.33. The lowest BCUT2D eigenvalue weighted by Gasteiger charge is -2.14. The van der Waals surface area contributed by atoms with Crippen LogP contribution in [-0.4, -0.2) is 25.3 Å². The molecule has 5 nitrogen and oxygen atoms in total. The summed E-state index contributed by atoms with van der Waals surface area (Å²) in [6.45, 7) is 1.95. The van der Waals surface area contributed by atoms with Gasteiger partial charge < -0.3 is 20.3 Å². The molecule has 110 valence electrons. The van der Waals surface area contributed by atoms with Gasteiger partial charge in [-0.15, -0.1) is 0 Å². The number of carbonyl (C=O) groups is 1. The van der Waals surface area contributed by atoms with Gasteiger partial charge in [0.05, 0.1) is 14.2 Å². The van der Waals surface area contributed by atoms with E-state index < -0.39 is 5.97 Å². The van der Waals surface area contributed by atoms with Gasteiger partial charge in [0, 0.05) is 11.3 Å². The van der Waals surface area contributed by atoms with Crippen LogP contribution in [0.4, 0.5) is 5.69 Å². The van der Waals surface area contributed by atoms with E-state index in [9.17, 15) is 9.90 Å². The molecule has 0 bridgehead atoms. The lowest BCUT2D eigenvalue weighted by atomic mass is 9.98. The quantitative estimate of drug-likeness (QED) is 0.845. The van der Waals surface area contributed by atoms with Crippen LogP contribution < -0.4 is 15.2 Å². The minimum Gasteiger partial charge on any atom is -0.493 e. The molecule has 0 spiro atoms. The van der Waals surface area contributed by atoms with Gasteiger partial charge in [-0.2, -0.15) is 0 Å². The fourth-order valence-corrected chi connectivity index (χ4v) is 2.20. The third-order valence-electron chi connectivity index (χ3n) is 3.23. The Bertz CT molecular complexity index is 695. The number of ether oxygens (including phenoxy) is 2. The molecule has 3 N–H and O–H groups in total. The molecule has 0 atom stereocenters. The number of rotatable bonds is 4. The highest BCUT2D eigenvalue weighted by molar-refractivity contribution is 5.95. The van der Waals surface area contributed by atoms with E-state index >= 15 is 0 Å². The zero-order chi connectivity index (χ0) is 15.6. The SMILES string of the molecule is COc1cc(-c2cc(C)ccc2N)cc(C(=O)O)c1OC. The average molecular weight is 287 g/mol. The van der Waals surface area contributed by atoms with Crippen molar-refractivity contribution in [3.63, 3.8) is 0 Å². The largest absolute Gasteiger partial charge is 0.493 e. The summed E-state index contributed by atoms with van der Waals surface area (Å²) in [6.07, 6.45) is 0. The van der Waals surface area contributed by atoms with Gasteiger partial charge in [-0.3, -0.25) is 0 Å². The number of carboxylic acids is 1. The van der Waals surface area contributed by atoms with Gasteiger partial charge in [-0.1, -0.05) is 11.6 Å². The third-order valence-corrected chi connectivity index (χ3v) is 3.23. The normalized spacial score (nSPS) is 10.2. The van der Waals surface area contributed by atoms with Gasteiger partial charge in [0.1, 0.15) is 5.56 Å². The Morgan fingerprint density at radius 3 is 2.43 bits per heavy atom. The van der Waals surface area contributed by atoms with Crippen molar-refractivity contribution in [2.75, 3.05) is 20.0 Å². The Morgan fingerprint density at radius 1 is 1.14 bits per heavy atom. The van der Waals surface area contributed by atoms with Crippen LogP contribution in [-0.2, 0) is 0 Å². The lowest BCUT2D eigenvalue weighted by Crippen LogP contribution is -2.03.